The van der Waals surface area contributed by atoms with Gasteiger partial charge in [0.1, 0.15) is 11.4 Å². The van der Waals surface area contributed by atoms with Gasteiger partial charge in [-0.05, 0) is 12.1 Å². The third-order valence-corrected chi connectivity index (χ3v) is 2.15. The summed E-state index contributed by atoms with van der Waals surface area (Å²) in [6, 6.07) is 3.49. The molecule has 0 aliphatic rings. The van der Waals surface area contributed by atoms with Crippen molar-refractivity contribution in [1.82, 2.24) is 14.8 Å². The molecule has 2 aromatic heterocycles. The highest BCUT2D eigenvalue weighted by molar-refractivity contribution is 6.07. The fourth-order valence-corrected chi connectivity index (χ4v) is 1.26. The van der Waals surface area contributed by atoms with Crippen LogP contribution in [0.1, 0.15) is 10.4 Å². The van der Waals surface area contributed by atoms with E-state index < -0.39 is 0 Å². The molecular weight excluding hydrogens is 206 g/mol. The van der Waals surface area contributed by atoms with E-state index in [4.69, 9.17) is 5.73 Å². The Labute approximate surface area is 92.1 Å². The second-order valence-electron chi connectivity index (χ2n) is 3.26. The number of nitrogens with two attached hydrogens (primary N) is 1. The summed E-state index contributed by atoms with van der Waals surface area (Å²) in [5.74, 6) is 0.0417. The van der Waals surface area contributed by atoms with Crippen LogP contribution in [0.5, 0.6) is 0 Å². The minimum Gasteiger partial charge on any atom is -0.383 e. The lowest BCUT2D eigenvalue weighted by atomic mass is 10.3. The van der Waals surface area contributed by atoms with Crippen LogP contribution in [0.15, 0.2) is 30.7 Å². The smallest absolute Gasteiger partial charge is 0.261 e. The van der Waals surface area contributed by atoms with Gasteiger partial charge in [0, 0.05) is 13.2 Å². The van der Waals surface area contributed by atoms with E-state index in [2.05, 4.69) is 15.4 Å². The molecule has 2 aromatic rings. The Kier molecular flexibility index (Phi) is 2.55. The van der Waals surface area contributed by atoms with Crippen LogP contribution in [-0.4, -0.2) is 20.7 Å². The Bertz CT molecular complexity index is 505. The van der Waals surface area contributed by atoms with E-state index in [0.717, 1.165) is 0 Å². The van der Waals surface area contributed by atoms with Crippen molar-refractivity contribution in [3.63, 3.8) is 0 Å². The topological polar surface area (TPSA) is 85.8 Å². The lowest BCUT2D eigenvalue weighted by Gasteiger charge is -2.03. The summed E-state index contributed by atoms with van der Waals surface area (Å²) in [5, 5.41) is 6.57. The molecule has 0 fully saturated rings. The van der Waals surface area contributed by atoms with Crippen molar-refractivity contribution in [3.05, 3.63) is 36.3 Å². The van der Waals surface area contributed by atoms with Crippen molar-refractivity contribution in [2.24, 2.45) is 7.05 Å². The SMILES string of the molecule is Cn1ncc(C(=O)Nc2cccnc2)c1N. The number of carbonyl (C=O) groups is 1. The lowest BCUT2D eigenvalue weighted by Crippen LogP contribution is -2.13. The summed E-state index contributed by atoms with van der Waals surface area (Å²) in [7, 11) is 1.68. The van der Waals surface area contributed by atoms with Gasteiger partial charge in [-0.25, -0.2) is 0 Å². The van der Waals surface area contributed by atoms with Crippen LogP contribution in [0.4, 0.5) is 11.5 Å². The highest BCUT2D eigenvalue weighted by Gasteiger charge is 2.13. The van der Waals surface area contributed by atoms with Crippen molar-refractivity contribution in [2.45, 2.75) is 0 Å². The van der Waals surface area contributed by atoms with Crippen molar-refractivity contribution >= 4 is 17.4 Å². The highest BCUT2D eigenvalue weighted by atomic mass is 16.1. The molecule has 0 unspecified atom stereocenters. The zero-order valence-electron chi connectivity index (χ0n) is 8.71. The van der Waals surface area contributed by atoms with Gasteiger partial charge in [-0.15, -0.1) is 0 Å². The van der Waals surface area contributed by atoms with Gasteiger partial charge in [0.25, 0.3) is 5.91 Å². The molecule has 0 aromatic carbocycles. The van der Waals surface area contributed by atoms with Crippen molar-refractivity contribution in [1.29, 1.82) is 0 Å². The maximum absolute atomic E-state index is 11.8. The maximum atomic E-state index is 11.8. The molecule has 0 atom stereocenters. The van der Waals surface area contributed by atoms with E-state index in [-0.39, 0.29) is 5.91 Å². The van der Waals surface area contributed by atoms with E-state index >= 15 is 0 Å². The monoisotopic (exact) mass is 217 g/mol. The zero-order chi connectivity index (χ0) is 11.5. The zero-order valence-corrected chi connectivity index (χ0v) is 8.71. The van der Waals surface area contributed by atoms with Crippen LogP contribution in [0, 0.1) is 0 Å². The second-order valence-corrected chi connectivity index (χ2v) is 3.26. The van der Waals surface area contributed by atoms with E-state index in [9.17, 15) is 4.79 Å². The molecule has 0 radical (unpaired) electrons. The average Bonchev–Trinajstić information content (AvgIpc) is 2.61. The van der Waals surface area contributed by atoms with Crippen LogP contribution in [0.2, 0.25) is 0 Å². The number of hydrogen-bond donors (Lipinski definition) is 2. The normalized spacial score (nSPS) is 10.1. The molecule has 6 nitrogen and oxygen atoms in total. The Balaban J connectivity index is 2.18. The number of nitrogen functional groups attached to an aromatic ring is 1. The minimum absolute atomic E-state index is 0.293. The van der Waals surface area contributed by atoms with E-state index in [0.29, 0.717) is 17.1 Å². The fourth-order valence-electron chi connectivity index (χ4n) is 1.26. The molecule has 16 heavy (non-hydrogen) atoms. The minimum atomic E-state index is -0.293. The van der Waals surface area contributed by atoms with Gasteiger partial charge < -0.3 is 11.1 Å². The van der Waals surface area contributed by atoms with Gasteiger partial charge in [-0.3, -0.25) is 14.5 Å². The first-order valence-corrected chi connectivity index (χ1v) is 4.67. The molecule has 0 saturated heterocycles. The van der Waals surface area contributed by atoms with Gasteiger partial charge in [0.2, 0.25) is 0 Å². The van der Waals surface area contributed by atoms with Gasteiger partial charge in [-0.2, -0.15) is 5.10 Å². The Morgan fingerprint density at radius 1 is 1.50 bits per heavy atom. The Hall–Kier alpha value is -2.37. The van der Waals surface area contributed by atoms with Gasteiger partial charge in [0.05, 0.1) is 18.1 Å². The molecule has 0 aliphatic heterocycles. The molecule has 82 valence electrons. The number of aryl methyl sites for hydroxylation is 1. The van der Waals surface area contributed by atoms with E-state index in [1.807, 2.05) is 0 Å². The number of aromatic nitrogens is 3. The molecular formula is C10H11N5O. The summed E-state index contributed by atoms with van der Waals surface area (Å²) >= 11 is 0. The number of nitrogens with zero attached hydrogens (tertiary/aromatic N) is 3. The predicted molar refractivity (Wildman–Crippen MR) is 59.8 cm³/mol. The van der Waals surface area contributed by atoms with Gasteiger partial charge >= 0.3 is 0 Å². The summed E-state index contributed by atoms with van der Waals surface area (Å²) in [6.45, 7) is 0. The van der Waals surface area contributed by atoms with Crippen molar-refractivity contribution in [3.8, 4) is 0 Å². The second kappa shape index (κ2) is 4.01. The van der Waals surface area contributed by atoms with Crippen molar-refractivity contribution in [2.75, 3.05) is 11.1 Å². The molecule has 0 aliphatic carbocycles. The molecule has 1 amide bonds. The molecule has 0 saturated carbocycles. The van der Waals surface area contributed by atoms with Crippen LogP contribution >= 0.6 is 0 Å². The summed E-state index contributed by atoms with van der Waals surface area (Å²) < 4.78 is 1.44. The summed E-state index contributed by atoms with van der Waals surface area (Å²) in [5.41, 5.74) is 6.66. The first-order chi connectivity index (χ1) is 7.68. The molecule has 2 rings (SSSR count). The third kappa shape index (κ3) is 1.85. The maximum Gasteiger partial charge on any atom is 0.261 e. The van der Waals surface area contributed by atoms with Gasteiger partial charge in [0.15, 0.2) is 0 Å². The number of hydrogen-bond acceptors (Lipinski definition) is 4. The van der Waals surface area contributed by atoms with Crippen LogP contribution in [0.3, 0.4) is 0 Å². The summed E-state index contributed by atoms with van der Waals surface area (Å²) in [4.78, 5) is 15.7. The Morgan fingerprint density at radius 2 is 2.31 bits per heavy atom. The highest BCUT2D eigenvalue weighted by Crippen LogP contribution is 2.12. The number of anilines is 2. The van der Waals surface area contributed by atoms with E-state index in [1.165, 1.54) is 10.9 Å². The first kappa shape index (κ1) is 10.2. The number of amides is 1. The number of nitrogens with one attached hydrogen (secondary N) is 1. The fraction of sp³-hybridized carbons (Fsp3) is 0.100. The largest absolute Gasteiger partial charge is 0.383 e. The van der Waals surface area contributed by atoms with Crippen LogP contribution in [0.25, 0.3) is 0 Å². The van der Waals surface area contributed by atoms with Crippen molar-refractivity contribution < 1.29 is 4.79 Å². The third-order valence-electron chi connectivity index (χ3n) is 2.15. The quantitative estimate of drug-likeness (QED) is 0.773. The molecule has 0 bridgehead atoms. The lowest BCUT2D eigenvalue weighted by molar-refractivity contribution is 0.102. The average molecular weight is 217 g/mol. The van der Waals surface area contributed by atoms with Crippen LogP contribution in [-0.2, 0) is 7.05 Å². The summed E-state index contributed by atoms with van der Waals surface area (Å²) in [6.07, 6.45) is 4.62. The number of rotatable bonds is 2. The molecule has 2 heterocycles. The molecule has 3 N–H and O–H groups in total. The molecule has 0 spiro atoms. The number of carbonyl (C=O) groups excluding carboxylic acids is 1. The molecule has 6 heteroatoms. The standard InChI is InChI=1S/C10H11N5O/c1-15-9(11)8(6-13-15)10(16)14-7-3-2-4-12-5-7/h2-6H,11H2,1H3,(H,14,16). The predicted octanol–water partition coefficient (Wildman–Crippen LogP) is 0.650. The number of pyridine rings is 1. The van der Waals surface area contributed by atoms with Gasteiger partial charge in [-0.1, -0.05) is 0 Å². The van der Waals surface area contributed by atoms with E-state index in [1.54, 1.807) is 31.6 Å². The van der Waals surface area contributed by atoms with Crippen LogP contribution < -0.4 is 11.1 Å². The first-order valence-electron chi connectivity index (χ1n) is 4.67. The Morgan fingerprint density at radius 3 is 2.88 bits per heavy atom.